The lowest BCUT2D eigenvalue weighted by Crippen LogP contribution is -2.16. The number of pyridine rings is 1. The number of hydrogen-bond donors (Lipinski definition) is 1. The molecule has 1 heterocycles. The lowest BCUT2D eigenvalue weighted by atomic mass is 10.1. The molecule has 2 rings (SSSR count). The third-order valence-corrected chi connectivity index (χ3v) is 4.69. The molecular weight excluding hydrogens is 353 g/mol. The zero-order valence-corrected chi connectivity index (χ0v) is 13.6. The van der Waals surface area contributed by atoms with Crippen molar-refractivity contribution in [1.29, 1.82) is 0 Å². The maximum absolute atomic E-state index is 12.9. The van der Waals surface area contributed by atoms with Crippen molar-refractivity contribution in [2.75, 3.05) is 4.72 Å². The molecule has 1 aromatic carbocycles. The molecule has 1 aromatic heterocycles. The maximum atomic E-state index is 12.9. The van der Waals surface area contributed by atoms with Gasteiger partial charge >= 0.3 is 6.18 Å². The second-order valence-corrected chi connectivity index (χ2v) is 6.99. The van der Waals surface area contributed by atoms with Crippen LogP contribution in [0.4, 0.5) is 18.9 Å². The van der Waals surface area contributed by atoms with E-state index in [-0.39, 0.29) is 16.3 Å². The molecule has 9 heteroatoms. The molecule has 2 aromatic rings. The topological polar surface area (TPSA) is 59.1 Å². The zero-order valence-electron chi connectivity index (χ0n) is 12.1. The van der Waals surface area contributed by atoms with Crippen LogP contribution in [0.25, 0.3) is 0 Å². The van der Waals surface area contributed by atoms with E-state index in [0.717, 1.165) is 12.1 Å². The summed E-state index contributed by atoms with van der Waals surface area (Å²) in [7, 11) is -4.20. The number of alkyl halides is 3. The second kappa shape index (κ2) is 6.01. The van der Waals surface area contributed by atoms with Crippen molar-refractivity contribution < 1.29 is 21.6 Å². The smallest absolute Gasteiger partial charge is 0.278 e. The van der Waals surface area contributed by atoms with Crippen molar-refractivity contribution >= 4 is 27.3 Å². The predicted molar refractivity (Wildman–Crippen MR) is 81.0 cm³/mol. The average molecular weight is 365 g/mol. The Morgan fingerprint density at radius 1 is 1.17 bits per heavy atom. The van der Waals surface area contributed by atoms with Crippen LogP contribution < -0.4 is 4.72 Å². The third kappa shape index (κ3) is 3.94. The number of nitrogens with zero attached hydrogens (tertiary/aromatic N) is 1. The Kier molecular flexibility index (Phi) is 4.59. The number of sulfonamides is 1. The first-order valence-corrected chi connectivity index (χ1v) is 8.19. The average Bonchev–Trinajstić information content (AvgIpc) is 2.41. The number of aromatic nitrogens is 1. The first-order chi connectivity index (χ1) is 10.5. The van der Waals surface area contributed by atoms with Gasteiger partial charge in [-0.15, -0.1) is 0 Å². The van der Waals surface area contributed by atoms with Crippen molar-refractivity contribution in [2.45, 2.75) is 24.9 Å². The lowest BCUT2D eigenvalue weighted by molar-refractivity contribution is -0.138. The normalized spacial score (nSPS) is 12.3. The predicted octanol–water partition coefficient (Wildman–Crippen LogP) is 4.17. The van der Waals surface area contributed by atoms with Gasteiger partial charge < -0.3 is 0 Å². The quantitative estimate of drug-likeness (QED) is 0.889. The van der Waals surface area contributed by atoms with Crippen LogP contribution in [0.2, 0.25) is 5.02 Å². The van der Waals surface area contributed by atoms with Gasteiger partial charge in [0.25, 0.3) is 10.0 Å². The summed E-state index contributed by atoms with van der Waals surface area (Å²) in [6, 6.07) is 4.16. The highest BCUT2D eigenvalue weighted by atomic mass is 35.5. The van der Waals surface area contributed by atoms with E-state index < -0.39 is 26.7 Å². The molecule has 0 saturated heterocycles. The first-order valence-electron chi connectivity index (χ1n) is 6.33. The Labute approximate surface area is 136 Å². The number of benzene rings is 1. The first kappa shape index (κ1) is 17.6. The van der Waals surface area contributed by atoms with Crippen LogP contribution >= 0.6 is 11.6 Å². The van der Waals surface area contributed by atoms with Crippen molar-refractivity contribution in [1.82, 2.24) is 4.98 Å². The minimum Gasteiger partial charge on any atom is -0.278 e. The van der Waals surface area contributed by atoms with Crippen molar-refractivity contribution in [3.63, 3.8) is 0 Å². The van der Waals surface area contributed by atoms with Crippen molar-refractivity contribution in [3.05, 3.63) is 52.3 Å². The number of aryl methyl sites for hydroxylation is 2. The monoisotopic (exact) mass is 364 g/mol. The number of halogens is 4. The Bertz CT molecular complexity index is 852. The fourth-order valence-corrected chi connectivity index (χ4v) is 3.18. The van der Waals surface area contributed by atoms with Gasteiger partial charge in [0.2, 0.25) is 0 Å². The summed E-state index contributed by atoms with van der Waals surface area (Å²) in [4.78, 5) is 3.40. The number of nitrogens with one attached hydrogen (secondary N) is 1. The van der Waals surface area contributed by atoms with Crippen LogP contribution in [0.3, 0.4) is 0 Å². The van der Waals surface area contributed by atoms with Gasteiger partial charge in [0.05, 0.1) is 26.9 Å². The molecule has 0 bridgehead atoms. The van der Waals surface area contributed by atoms with Gasteiger partial charge in [0.1, 0.15) is 0 Å². The van der Waals surface area contributed by atoms with Gasteiger partial charge in [-0.3, -0.25) is 9.71 Å². The van der Waals surface area contributed by atoms with Gasteiger partial charge in [-0.25, -0.2) is 8.42 Å². The van der Waals surface area contributed by atoms with Crippen molar-refractivity contribution in [3.8, 4) is 0 Å². The van der Waals surface area contributed by atoms with Crippen LogP contribution in [0, 0.1) is 13.8 Å². The van der Waals surface area contributed by atoms with Gasteiger partial charge in [-0.2, -0.15) is 13.2 Å². The molecule has 4 nitrogen and oxygen atoms in total. The minimum atomic E-state index is -4.64. The summed E-state index contributed by atoms with van der Waals surface area (Å²) in [6.07, 6.45) is -3.30. The Morgan fingerprint density at radius 3 is 2.43 bits per heavy atom. The zero-order chi connectivity index (χ0) is 17.4. The molecule has 124 valence electrons. The van der Waals surface area contributed by atoms with Gasteiger partial charge in [-0.1, -0.05) is 17.7 Å². The van der Waals surface area contributed by atoms with Gasteiger partial charge in [-0.05, 0) is 37.6 Å². The number of anilines is 1. The summed E-state index contributed by atoms with van der Waals surface area (Å²) in [5, 5.41) is 0.202. The van der Waals surface area contributed by atoms with E-state index in [0.29, 0.717) is 11.8 Å². The lowest BCUT2D eigenvalue weighted by Gasteiger charge is -2.14. The summed E-state index contributed by atoms with van der Waals surface area (Å²) in [6.45, 7) is 2.81. The molecule has 0 unspecified atom stereocenters. The fourth-order valence-electron chi connectivity index (χ4n) is 1.89. The van der Waals surface area contributed by atoms with E-state index in [4.69, 9.17) is 11.6 Å². The molecule has 0 aliphatic carbocycles. The molecule has 1 N–H and O–H groups in total. The molecule has 0 aliphatic heterocycles. The maximum Gasteiger partial charge on any atom is 0.416 e. The molecule has 0 aliphatic rings. The molecular formula is C14H12ClF3N2O2S. The Balaban J connectivity index is 2.46. The van der Waals surface area contributed by atoms with Crippen LogP contribution in [0.5, 0.6) is 0 Å². The van der Waals surface area contributed by atoms with E-state index in [1.54, 1.807) is 6.92 Å². The molecule has 0 amide bonds. The molecule has 0 fully saturated rings. The van der Waals surface area contributed by atoms with Crippen LogP contribution in [0.1, 0.15) is 16.8 Å². The number of rotatable bonds is 3. The molecule has 0 spiro atoms. The standard InChI is InChI=1S/C14H12ClF3N2O2S/c1-8-3-4-11(6-12(8)14(16,17)18)23(21,22)20-13-5-10(15)7-19-9(13)2/h3-7,20H,1-2H3. The van der Waals surface area contributed by atoms with Crippen LogP contribution in [-0.2, 0) is 16.2 Å². The molecule has 0 radical (unpaired) electrons. The Morgan fingerprint density at radius 2 is 1.83 bits per heavy atom. The summed E-state index contributed by atoms with van der Waals surface area (Å²) in [5.74, 6) is 0. The highest BCUT2D eigenvalue weighted by Gasteiger charge is 2.33. The van der Waals surface area contributed by atoms with E-state index in [1.807, 2.05) is 0 Å². The molecule has 23 heavy (non-hydrogen) atoms. The summed E-state index contributed by atoms with van der Waals surface area (Å²) in [5.41, 5.74) is -0.605. The van der Waals surface area contributed by atoms with E-state index in [9.17, 15) is 21.6 Å². The highest BCUT2D eigenvalue weighted by molar-refractivity contribution is 7.92. The number of hydrogen-bond acceptors (Lipinski definition) is 3. The Hall–Kier alpha value is -1.80. The third-order valence-electron chi connectivity index (χ3n) is 3.12. The largest absolute Gasteiger partial charge is 0.416 e. The van der Waals surface area contributed by atoms with Crippen molar-refractivity contribution in [2.24, 2.45) is 0 Å². The van der Waals surface area contributed by atoms with Crippen LogP contribution in [0.15, 0.2) is 35.4 Å². The van der Waals surface area contributed by atoms with Crippen LogP contribution in [-0.4, -0.2) is 13.4 Å². The van der Waals surface area contributed by atoms with E-state index in [1.165, 1.54) is 19.2 Å². The summed E-state index contributed by atoms with van der Waals surface area (Å²) < 4.78 is 65.6. The SMILES string of the molecule is Cc1ccc(S(=O)(=O)Nc2cc(Cl)cnc2C)cc1C(F)(F)F. The van der Waals surface area contributed by atoms with E-state index in [2.05, 4.69) is 9.71 Å². The fraction of sp³-hybridized carbons (Fsp3) is 0.214. The molecule has 0 atom stereocenters. The second-order valence-electron chi connectivity index (χ2n) is 4.87. The minimum absolute atomic E-state index is 0.0583. The van der Waals surface area contributed by atoms with Gasteiger partial charge in [0, 0.05) is 6.20 Å². The highest BCUT2D eigenvalue weighted by Crippen LogP contribution is 2.33. The summed E-state index contributed by atoms with van der Waals surface area (Å²) >= 11 is 5.75. The molecule has 0 saturated carbocycles. The van der Waals surface area contributed by atoms with E-state index >= 15 is 0 Å². The van der Waals surface area contributed by atoms with Gasteiger partial charge in [0.15, 0.2) is 0 Å².